The molecular weight excluding hydrogens is 320 g/mol. The molecule has 0 aromatic heterocycles. The van der Waals surface area contributed by atoms with Gasteiger partial charge in [-0.05, 0) is 37.1 Å². The monoisotopic (exact) mass is 338 g/mol. The number of benzene rings is 1. The van der Waals surface area contributed by atoms with Crippen LogP contribution in [0.1, 0.15) is 25.3 Å². The number of aryl methyl sites for hydroxylation is 1. The minimum absolute atomic E-state index is 0.0368. The quantitative estimate of drug-likeness (QED) is 0.800. The minimum atomic E-state index is -0.0584. The smallest absolute Gasteiger partial charge is 0.222 e. The summed E-state index contributed by atoms with van der Waals surface area (Å²) in [7, 11) is 3.36. The third-order valence-corrected chi connectivity index (χ3v) is 3.79. The first-order valence-electron chi connectivity index (χ1n) is 6.44. The summed E-state index contributed by atoms with van der Waals surface area (Å²) in [6.45, 7) is 1.88. The second-order valence-electron chi connectivity index (χ2n) is 4.67. The molecule has 0 fully saturated rings. The maximum atomic E-state index is 12.1. The van der Waals surface area contributed by atoms with E-state index in [1.54, 1.807) is 19.1 Å². The molecule has 0 N–H and O–H groups in total. The van der Waals surface area contributed by atoms with Crippen LogP contribution in [0.15, 0.2) is 22.7 Å². The van der Waals surface area contributed by atoms with E-state index in [1.165, 1.54) is 0 Å². The molecule has 1 aromatic carbocycles. The maximum Gasteiger partial charge on any atom is 0.222 e. The van der Waals surface area contributed by atoms with Gasteiger partial charge in [0.2, 0.25) is 5.91 Å². The summed E-state index contributed by atoms with van der Waals surface area (Å²) in [5.74, 6) is 0.823. The van der Waals surface area contributed by atoms with Crippen molar-refractivity contribution in [1.29, 1.82) is 5.26 Å². The molecule has 5 heteroatoms. The fraction of sp³-hybridized carbons (Fsp3) is 0.467. The van der Waals surface area contributed by atoms with Crippen molar-refractivity contribution in [2.24, 2.45) is 0 Å². The van der Waals surface area contributed by atoms with Crippen molar-refractivity contribution in [3.05, 3.63) is 28.2 Å². The fourth-order valence-electron chi connectivity index (χ4n) is 1.88. The Morgan fingerprint density at radius 1 is 1.55 bits per heavy atom. The molecule has 0 aliphatic heterocycles. The molecule has 0 unspecified atom stereocenters. The Bertz CT molecular complexity index is 511. The van der Waals surface area contributed by atoms with Gasteiger partial charge < -0.3 is 9.64 Å². The summed E-state index contributed by atoms with van der Waals surface area (Å²) < 4.78 is 6.26. The van der Waals surface area contributed by atoms with E-state index in [-0.39, 0.29) is 11.9 Å². The largest absolute Gasteiger partial charge is 0.496 e. The lowest BCUT2D eigenvalue weighted by Crippen LogP contribution is -2.34. The van der Waals surface area contributed by atoms with Crippen molar-refractivity contribution in [3.8, 4) is 11.8 Å². The van der Waals surface area contributed by atoms with Crippen LogP contribution in [0.3, 0.4) is 0 Å². The van der Waals surface area contributed by atoms with Crippen molar-refractivity contribution in [3.63, 3.8) is 0 Å². The average Bonchev–Trinajstić information content (AvgIpc) is 2.44. The Balaban J connectivity index is 2.65. The molecule has 1 aromatic rings. The molecular formula is C15H19BrN2O2. The third kappa shape index (κ3) is 4.53. The van der Waals surface area contributed by atoms with Crippen molar-refractivity contribution >= 4 is 21.8 Å². The molecule has 0 aliphatic rings. The van der Waals surface area contributed by atoms with E-state index in [4.69, 9.17) is 10.00 Å². The van der Waals surface area contributed by atoms with E-state index in [9.17, 15) is 4.79 Å². The molecule has 0 saturated carbocycles. The number of amides is 1. The molecule has 0 radical (unpaired) electrons. The van der Waals surface area contributed by atoms with Crippen LogP contribution in [0, 0.1) is 11.3 Å². The van der Waals surface area contributed by atoms with E-state index in [0.717, 1.165) is 15.8 Å². The average molecular weight is 339 g/mol. The Labute approximate surface area is 128 Å². The van der Waals surface area contributed by atoms with Gasteiger partial charge in [0.05, 0.1) is 19.6 Å². The third-order valence-electron chi connectivity index (χ3n) is 3.29. The second-order valence-corrected chi connectivity index (χ2v) is 5.59. The lowest BCUT2D eigenvalue weighted by atomic mass is 10.1. The normalized spacial score (nSPS) is 11.6. The van der Waals surface area contributed by atoms with Crippen LogP contribution >= 0.6 is 15.9 Å². The lowest BCUT2D eigenvalue weighted by Gasteiger charge is -2.23. The van der Waals surface area contributed by atoms with Crippen LogP contribution in [0.5, 0.6) is 5.75 Å². The molecule has 108 valence electrons. The highest BCUT2D eigenvalue weighted by Gasteiger charge is 2.16. The summed E-state index contributed by atoms with van der Waals surface area (Å²) in [4.78, 5) is 13.7. The van der Waals surface area contributed by atoms with Crippen LogP contribution in [0.4, 0.5) is 0 Å². The Morgan fingerprint density at radius 3 is 2.85 bits per heavy atom. The topological polar surface area (TPSA) is 53.3 Å². The van der Waals surface area contributed by atoms with Crippen LogP contribution in [-0.2, 0) is 11.2 Å². The minimum Gasteiger partial charge on any atom is -0.496 e. The van der Waals surface area contributed by atoms with Crippen molar-refractivity contribution in [2.45, 2.75) is 32.2 Å². The van der Waals surface area contributed by atoms with E-state index < -0.39 is 0 Å². The Morgan fingerprint density at radius 2 is 2.25 bits per heavy atom. The number of nitriles is 1. The van der Waals surface area contributed by atoms with E-state index in [1.807, 2.05) is 25.1 Å². The molecule has 0 heterocycles. The van der Waals surface area contributed by atoms with Gasteiger partial charge in [-0.3, -0.25) is 4.79 Å². The first kappa shape index (κ1) is 16.5. The van der Waals surface area contributed by atoms with Crippen LogP contribution in [-0.4, -0.2) is 31.0 Å². The molecule has 0 bridgehead atoms. The maximum absolute atomic E-state index is 12.1. The van der Waals surface area contributed by atoms with Gasteiger partial charge in [-0.1, -0.05) is 15.9 Å². The number of carbonyl (C=O) groups is 1. The highest BCUT2D eigenvalue weighted by Crippen LogP contribution is 2.24. The van der Waals surface area contributed by atoms with Crippen LogP contribution in [0.25, 0.3) is 0 Å². The fourth-order valence-corrected chi connectivity index (χ4v) is 2.28. The summed E-state index contributed by atoms with van der Waals surface area (Å²) in [5, 5.41) is 8.66. The molecule has 0 spiro atoms. The van der Waals surface area contributed by atoms with Gasteiger partial charge in [-0.25, -0.2) is 0 Å². The number of nitrogens with zero attached hydrogens (tertiary/aromatic N) is 2. The van der Waals surface area contributed by atoms with Gasteiger partial charge in [-0.15, -0.1) is 0 Å². The van der Waals surface area contributed by atoms with Crippen LogP contribution in [0.2, 0.25) is 0 Å². The lowest BCUT2D eigenvalue weighted by molar-refractivity contribution is -0.131. The molecule has 1 atom stereocenters. The number of carbonyl (C=O) groups excluding carboxylic acids is 1. The Kier molecular flexibility index (Phi) is 6.53. The predicted molar refractivity (Wildman–Crippen MR) is 81.5 cm³/mol. The first-order chi connectivity index (χ1) is 9.49. The van der Waals surface area contributed by atoms with Gasteiger partial charge in [-0.2, -0.15) is 5.26 Å². The number of halogens is 1. The summed E-state index contributed by atoms with van der Waals surface area (Å²) in [6.07, 6.45) is 1.37. The SMILES string of the molecule is COc1ccc(Br)cc1CCC(=O)N(C)[C@@H](C)CC#N. The van der Waals surface area contributed by atoms with Gasteiger partial charge in [0.25, 0.3) is 0 Å². The first-order valence-corrected chi connectivity index (χ1v) is 7.24. The zero-order valence-corrected chi connectivity index (χ0v) is 13.6. The van der Waals surface area contributed by atoms with Crippen molar-refractivity contribution in [2.75, 3.05) is 14.2 Å². The highest BCUT2D eigenvalue weighted by atomic mass is 79.9. The standard InChI is InChI=1S/C15H19BrN2O2/c1-11(8-9-17)18(2)15(19)7-4-12-10-13(16)5-6-14(12)20-3/h5-6,10-11H,4,7-8H2,1-3H3/t11-/m0/s1. The van der Waals surface area contributed by atoms with Gasteiger partial charge >= 0.3 is 0 Å². The molecule has 0 saturated heterocycles. The molecule has 0 aliphatic carbocycles. The van der Waals surface area contributed by atoms with E-state index >= 15 is 0 Å². The summed E-state index contributed by atoms with van der Waals surface area (Å²) in [6, 6.07) is 7.78. The predicted octanol–water partition coefficient (Wildman–Crippen LogP) is 3.15. The molecule has 4 nitrogen and oxygen atoms in total. The molecule has 1 rings (SSSR count). The molecule has 1 amide bonds. The number of hydrogen-bond acceptors (Lipinski definition) is 3. The van der Waals surface area contributed by atoms with Gasteiger partial charge in [0.15, 0.2) is 0 Å². The van der Waals surface area contributed by atoms with E-state index in [0.29, 0.717) is 19.3 Å². The summed E-state index contributed by atoms with van der Waals surface area (Å²) in [5.41, 5.74) is 0.997. The number of ether oxygens (including phenoxy) is 1. The highest BCUT2D eigenvalue weighted by molar-refractivity contribution is 9.10. The molecule has 20 heavy (non-hydrogen) atoms. The Hall–Kier alpha value is -1.54. The van der Waals surface area contributed by atoms with Crippen molar-refractivity contribution < 1.29 is 9.53 Å². The number of rotatable bonds is 6. The number of methoxy groups -OCH3 is 1. The van der Waals surface area contributed by atoms with Crippen molar-refractivity contribution in [1.82, 2.24) is 4.90 Å². The van der Waals surface area contributed by atoms with Gasteiger partial charge in [0, 0.05) is 24.0 Å². The zero-order valence-electron chi connectivity index (χ0n) is 12.0. The van der Waals surface area contributed by atoms with Crippen LogP contribution < -0.4 is 4.74 Å². The van der Waals surface area contributed by atoms with E-state index in [2.05, 4.69) is 22.0 Å². The zero-order chi connectivity index (χ0) is 15.1. The summed E-state index contributed by atoms with van der Waals surface area (Å²) >= 11 is 3.42. The number of hydrogen-bond donors (Lipinski definition) is 0. The van der Waals surface area contributed by atoms with Gasteiger partial charge in [0.1, 0.15) is 5.75 Å². The second kappa shape index (κ2) is 7.91.